The van der Waals surface area contributed by atoms with E-state index in [0.717, 1.165) is 30.5 Å². The predicted octanol–water partition coefficient (Wildman–Crippen LogP) is -0.720. The molecule has 2 aromatic heterocycles. The maximum atomic E-state index is 11.8. The fourth-order valence-electron chi connectivity index (χ4n) is 2.28. The van der Waals surface area contributed by atoms with Crippen LogP contribution < -0.4 is 10.9 Å². The van der Waals surface area contributed by atoms with Crippen LogP contribution in [0.15, 0.2) is 17.1 Å². The number of nitrogens with zero attached hydrogens (tertiary/aromatic N) is 4. The quantitative estimate of drug-likeness (QED) is 0.765. The van der Waals surface area contributed by atoms with Crippen molar-refractivity contribution in [3.63, 3.8) is 0 Å². The Morgan fingerprint density at radius 1 is 1.45 bits per heavy atom. The van der Waals surface area contributed by atoms with E-state index in [1.165, 1.54) is 10.9 Å². The fraction of sp³-hybridized carbons (Fsp3) is 0.417. The van der Waals surface area contributed by atoms with Crippen molar-refractivity contribution >= 4 is 5.91 Å². The minimum Gasteiger partial charge on any atom is -0.349 e. The number of H-pyrrole nitrogens is 1. The zero-order valence-corrected chi connectivity index (χ0v) is 10.8. The van der Waals surface area contributed by atoms with E-state index in [9.17, 15) is 9.59 Å². The van der Waals surface area contributed by atoms with Gasteiger partial charge < -0.3 is 5.32 Å². The molecule has 0 bridgehead atoms. The number of carbonyl (C=O) groups excluding carboxylic acids is 1. The molecule has 20 heavy (non-hydrogen) atoms. The number of rotatable bonds is 4. The van der Waals surface area contributed by atoms with E-state index < -0.39 is 0 Å². The lowest BCUT2D eigenvalue weighted by Crippen LogP contribution is -2.32. The lowest BCUT2D eigenvalue weighted by Gasteiger charge is -2.07. The minimum atomic E-state index is -0.326. The average Bonchev–Trinajstić information content (AvgIpc) is 3.08. The fourth-order valence-corrected chi connectivity index (χ4v) is 2.28. The summed E-state index contributed by atoms with van der Waals surface area (Å²) in [6.07, 6.45) is 4.24. The van der Waals surface area contributed by atoms with Crippen molar-refractivity contribution in [2.45, 2.75) is 25.8 Å². The Labute approximate surface area is 114 Å². The molecule has 0 aliphatic heterocycles. The summed E-state index contributed by atoms with van der Waals surface area (Å²) < 4.78 is 1.40. The van der Waals surface area contributed by atoms with Crippen LogP contribution in [0.4, 0.5) is 0 Å². The summed E-state index contributed by atoms with van der Waals surface area (Å²) >= 11 is 0. The Balaban J connectivity index is 1.62. The number of nitrogens with one attached hydrogen (secondary N) is 2. The maximum absolute atomic E-state index is 11.8. The van der Waals surface area contributed by atoms with Crippen molar-refractivity contribution in [1.82, 2.24) is 30.5 Å². The van der Waals surface area contributed by atoms with E-state index in [1.54, 1.807) is 6.07 Å². The Hall–Kier alpha value is -2.51. The lowest BCUT2D eigenvalue weighted by molar-refractivity contribution is 0.0946. The molecule has 0 aromatic carbocycles. The Kier molecular flexibility index (Phi) is 3.28. The van der Waals surface area contributed by atoms with Crippen LogP contribution in [0.2, 0.25) is 0 Å². The summed E-state index contributed by atoms with van der Waals surface area (Å²) in [4.78, 5) is 23.5. The number of carbonyl (C=O) groups is 1. The molecule has 0 radical (unpaired) electrons. The number of amides is 1. The molecule has 1 amide bonds. The smallest absolute Gasteiger partial charge is 0.273 e. The molecule has 0 fully saturated rings. The molecule has 0 saturated heterocycles. The van der Waals surface area contributed by atoms with E-state index in [2.05, 4.69) is 25.8 Å². The summed E-state index contributed by atoms with van der Waals surface area (Å²) in [5.74, 6) is -0.326. The number of aryl methyl sites for hydroxylation is 2. The average molecular weight is 274 g/mol. The van der Waals surface area contributed by atoms with Gasteiger partial charge in [-0.25, -0.2) is 4.68 Å². The van der Waals surface area contributed by atoms with Gasteiger partial charge in [-0.05, 0) is 24.8 Å². The number of aromatic nitrogens is 5. The van der Waals surface area contributed by atoms with Crippen LogP contribution in [0.5, 0.6) is 0 Å². The first-order chi connectivity index (χ1) is 9.74. The van der Waals surface area contributed by atoms with E-state index in [-0.39, 0.29) is 17.2 Å². The van der Waals surface area contributed by atoms with Crippen LogP contribution in [-0.4, -0.2) is 37.6 Å². The highest BCUT2D eigenvalue weighted by atomic mass is 16.2. The molecule has 1 aliphatic rings. The van der Waals surface area contributed by atoms with Crippen molar-refractivity contribution in [3.05, 3.63) is 39.6 Å². The van der Waals surface area contributed by atoms with Crippen LogP contribution in [0.3, 0.4) is 0 Å². The molecular weight excluding hydrogens is 260 g/mol. The number of hydrogen-bond donors (Lipinski definition) is 2. The van der Waals surface area contributed by atoms with Gasteiger partial charge in [-0.2, -0.15) is 20.5 Å². The highest BCUT2D eigenvalue weighted by Crippen LogP contribution is 2.16. The predicted molar refractivity (Wildman–Crippen MR) is 69.2 cm³/mol. The van der Waals surface area contributed by atoms with Crippen LogP contribution in [-0.2, 0) is 19.4 Å². The number of aromatic amines is 1. The molecule has 104 valence electrons. The second-order valence-corrected chi connectivity index (χ2v) is 4.64. The van der Waals surface area contributed by atoms with Crippen LogP contribution in [0.1, 0.15) is 28.2 Å². The molecule has 0 saturated carbocycles. The van der Waals surface area contributed by atoms with Crippen LogP contribution in [0.25, 0.3) is 0 Å². The van der Waals surface area contributed by atoms with Crippen LogP contribution in [0, 0.1) is 0 Å². The number of fused-ring (bicyclic) bond motifs is 1. The Bertz CT molecular complexity index is 676. The van der Waals surface area contributed by atoms with Crippen LogP contribution >= 0.6 is 0 Å². The zero-order chi connectivity index (χ0) is 13.9. The van der Waals surface area contributed by atoms with Gasteiger partial charge in [-0.3, -0.25) is 9.59 Å². The molecule has 0 atom stereocenters. The summed E-state index contributed by atoms with van der Waals surface area (Å²) in [5.41, 5.74) is 2.14. The molecule has 0 unspecified atom stereocenters. The normalized spacial score (nSPS) is 13.2. The summed E-state index contributed by atoms with van der Waals surface area (Å²) in [6.45, 7) is 0.660. The van der Waals surface area contributed by atoms with Gasteiger partial charge in [-0.15, -0.1) is 0 Å². The largest absolute Gasteiger partial charge is 0.349 e. The zero-order valence-electron chi connectivity index (χ0n) is 10.8. The van der Waals surface area contributed by atoms with Gasteiger partial charge in [0.2, 0.25) is 0 Å². The molecule has 3 rings (SSSR count). The minimum absolute atomic E-state index is 0.124. The monoisotopic (exact) mass is 274 g/mol. The van der Waals surface area contributed by atoms with E-state index in [1.807, 2.05) is 0 Å². The standard InChI is InChI=1S/C12H14N6O2/c19-11-6-8-2-1-3-9(8)16-18(11)5-4-13-12(20)10-7-14-17-15-10/h6-7H,1-5H2,(H,13,20)(H,14,15,17). The lowest BCUT2D eigenvalue weighted by atomic mass is 10.2. The molecule has 2 aromatic rings. The molecular formula is C12H14N6O2. The van der Waals surface area contributed by atoms with E-state index in [0.29, 0.717) is 13.1 Å². The van der Waals surface area contributed by atoms with Gasteiger partial charge in [-0.1, -0.05) is 0 Å². The topological polar surface area (TPSA) is 106 Å². The van der Waals surface area contributed by atoms with Crippen molar-refractivity contribution in [1.29, 1.82) is 0 Å². The molecule has 2 N–H and O–H groups in total. The summed E-state index contributed by atoms with van der Waals surface area (Å²) in [6, 6.07) is 1.65. The third-order valence-electron chi connectivity index (χ3n) is 3.28. The van der Waals surface area contributed by atoms with Gasteiger partial charge in [0.15, 0.2) is 5.69 Å². The first-order valence-corrected chi connectivity index (χ1v) is 6.48. The molecule has 8 heteroatoms. The van der Waals surface area contributed by atoms with Crippen molar-refractivity contribution in [3.8, 4) is 0 Å². The summed E-state index contributed by atoms with van der Waals surface area (Å²) in [5, 5.41) is 16.6. The second kappa shape index (κ2) is 5.24. The van der Waals surface area contributed by atoms with E-state index >= 15 is 0 Å². The van der Waals surface area contributed by atoms with Crippen molar-refractivity contribution in [2.75, 3.05) is 6.54 Å². The van der Waals surface area contributed by atoms with Gasteiger partial charge in [0.25, 0.3) is 11.5 Å². The molecule has 8 nitrogen and oxygen atoms in total. The SMILES string of the molecule is O=C(NCCn1nc2c(cc1=O)CCC2)c1cn[nH]n1. The molecule has 0 spiro atoms. The van der Waals surface area contributed by atoms with Gasteiger partial charge in [0.1, 0.15) is 0 Å². The van der Waals surface area contributed by atoms with Crippen molar-refractivity contribution in [2.24, 2.45) is 0 Å². The maximum Gasteiger partial charge on any atom is 0.273 e. The van der Waals surface area contributed by atoms with Gasteiger partial charge in [0, 0.05) is 12.6 Å². The Morgan fingerprint density at radius 3 is 3.15 bits per heavy atom. The molecule has 2 heterocycles. The van der Waals surface area contributed by atoms with Gasteiger partial charge >= 0.3 is 0 Å². The second-order valence-electron chi connectivity index (χ2n) is 4.64. The van der Waals surface area contributed by atoms with Gasteiger partial charge in [0.05, 0.1) is 18.4 Å². The number of hydrogen-bond acceptors (Lipinski definition) is 5. The first kappa shape index (κ1) is 12.5. The Morgan fingerprint density at radius 2 is 2.35 bits per heavy atom. The summed E-state index contributed by atoms with van der Waals surface area (Å²) in [7, 11) is 0. The highest BCUT2D eigenvalue weighted by molar-refractivity contribution is 5.91. The van der Waals surface area contributed by atoms with Crippen molar-refractivity contribution < 1.29 is 4.79 Å². The molecule has 1 aliphatic carbocycles. The van der Waals surface area contributed by atoms with E-state index in [4.69, 9.17) is 0 Å². The third kappa shape index (κ3) is 2.44. The highest BCUT2D eigenvalue weighted by Gasteiger charge is 2.14. The first-order valence-electron chi connectivity index (χ1n) is 6.48. The third-order valence-corrected chi connectivity index (χ3v) is 3.28.